The van der Waals surface area contributed by atoms with Crippen LogP contribution in [0.25, 0.3) is 10.8 Å². The molecule has 0 fully saturated rings. The number of phenolic OH excluding ortho intramolecular Hbond substituents is 1. The molecule has 2 rings (SSSR count). The number of aromatic carboxylic acids is 1. The average molecular weight is 284 g/mol. The van der Waals surface area contributed by atoms with Gasteiger partial charge in [0.15, 0.2) is 0 Å². The van der Waals surface area contributed by atoms with E-state index in [0.717, 1.165) is 18.2 Å². The Hall–Kier alpha value is -2.32. The summed E-state index contributed by atoms with van der Waals surface area (Å²) in [6.45, 7) is 0. The van der Waals surface area contributed by atoms with Gasteiger partial charge in [-0.3, -0.25) is 4.55 Å². The second kappa shape index (κ2) is 4.11. The first-order valence-electron chi connectivity index (χ1n) is 4.91. The van der Waals surface area contributed by atoms with E-state index in [4.69, 9.17) is 9.66 Å². The summed E-state index contributed by atoms with van der Waals surface area (Å²) in [5.41, 5.74) is -0.689. The first-order valence-corrected chi connectivity index (χ1v) is 6.35. The zero-order valence-electron chi connectivity index (χ0n) is 9.23. The lowest BCUT2D eigenvalue weighted by atomic mass is 10.0. The molecule has 0 unspecified atom stereocenters. The second-order valence-electron chi connectivity index (χ2n) is 3.78. The van der Waals surface area contributed by atoms with Crippen LogP contribution in [0.5, 0.6) is 11.5 Å². The van der Waals surface area contributed by atoms with E-state index in [1.165, 1.54) is 0 Å². The Morgan fingerprint density at radius 3 is 2.21 bits per heavy atom. The van der Waals surface area contributed by atoms with E-state index in [1.807, 2.05) is 0 Å². The van der Waals surface area contributed by atoms with E-state index in [2.05, 4.69) is 0 Å². The molecule has 2 aromatic carbocycles. The van der Waals surface area contributed by atoms with Crippen LogP contribution in [0.15, 0.2) is 29.2 Å². The number of phenols is 2. The fraction of sp³-hybridized carbons (Fsp3) is 0. The normalized spacial score (nSPS) is 11.6. The summed E-state index contributed by atoms with van der Waals surface area (Å²) in [6.07, 6.45) is 0. The third-order valence-electron chi connectivity index (χ3n) is 2.56. The van der Waals surface area contributed by atoms with Gasteiger partial charge in [0.25, 0.3) is 10.1 Å². The number of benzene rings is 2. The monoisotopic (exact) mass is 284 g/mol. The lowest BCUT2D eigenvalue weighted by molar-refractivity contribution is 0.0693. The quantitative estimate of drug-likeness (QED) is 0.609. The molecule has 19 heavy (non-hydrogen) atoms. The molecular weight excluding hydrogens is 276 g/mol. The Balaban J connectivity index is 3.05. The van der Waals surface area contributed by atoms with Crippen LogP contribution in [0.2, 0.25) is 0 Å². The van der Waals surface area contributed by atoms with E-state index < -0.39 is 32.3 Å². The van der Waals surface area contributed by atoms with E-state index in [0.29, 0.717) is 6.07 Å². The molecule has 0 bridgehead atoms. The van der Waals surface area contributed by atoms with Gasteiger partial charge in [-0.25, -0.2) is 4.79 Å². The van der Waals surface area contributed by atoms with Gasteiger partial charge in [0.05, 0.1) is 0 Å². The number of hydrogen-bond acceptors (Lipinski definition) is 5. The summed E-state index contributed by atoms with van der Waals surface area (Å²) < 4.78 is 31.6. The van der Waals surface area contributed by atoms with Crippen LogP contribution in [-0.2, 0) is 10.1 Å². The molecule has 0 saturated carbocycles. The fourth-order valence-corrected chi connectivity index (χ4v) is 2.46. The molecule has 0 aliphatic heterocycles. The maximum Gasteiger partial charge on any atom is 0.339 e. The van der Waals surface area contributed by atoms with Gasteiger partial charge in [0.1, 0.15) is 22.0 Å². The minimum atomic E-state index is -4.67. The molecule has 100 valence electrons. The van der Waals surface area contributed by atoms with Crippen molar-refractivity contribution in [2.24, 2.45) is 0 Å². The van der Waals surface area contributed by atoms with Crippen LogP contribution in [0.1, 0.15) is 10.4 Å². The zero-order valence-corrected chi connectivity index (χ0v) is 10.0. The smallest absolute Gasteiger partial charge is 0.339 e. The zero-order chi connectivity index (χ0) is 14.4. The largest absolute Gasteiger partial charge is 0.508 e. The second-order valence-corrected chi connectivity index (χ2v) is 5.17. The van der Waals surface area contributed by atoms with Gasteiger partial charge in [0, 0.05) is 10.8 Å². The van der Waals surface area contributed by atoms with Crippen LogP contribution >= 0.6 is 0 Å². The van der Waals surface area contributed by atoms with Crippen LogP contribution in [0.3, 0.4) is 0 Å². The number of aromatic hydroxyl groups is 2. The van der Waals surface area contributed by atoms with E-state index >= 15 is 0 Å². The minimum absolute atomic E-state index is 0.0946. The van der Waals surface area contributed by atoms with Crippen LogP contribution in [-0.4, -0.2) is 34.3 Å². The lowest BCUT2D eigenvalue weighted by Gasteiger charge is -2.09. The Kier molecular flexibility index (Phi) is 2.84. The summed E-state index contributed by atoms with van der Waals surface area (Å²) in [4.78, 5) is 10.3. The molecule has 8 heteroatoms. The molecule has 0 amide bonds. The summed E-state index contributed by atoms with van der Waals surface area (Å²) >= 11 is 0. The minimum Gasteiger partial charge on any atom is -0.508 e. The van der Waals surface area contributed by atoms with Crippen LogP contribution < -0.4 is 0 Å². The highest BCUT2D eigenvalue weighted by molar-refractivity contribution is 7.86. The van der Waals surface area contributed by atoms with Gasteiger partial charge in [-0.15, -0.1) is 0 Å². The van der Waals surface area contributed by atoms with Crippen molar-refractivity contribution in [1.82, 2.24) is 0 Å². The molecule has 0 aliphatic carbocycles. The van der Waals surface area contributed by atoms with Crippen LogP contribution in [0, 0.1) is 0 Å². The number of carboxylic acids is 1. The Morgan fingerprint density at radius 1 is 1.05 bits per heavy atom. The first-order chi connectivity index (χ1) is 8.71. The third kappa shape index (κ3) is 2.18. The third-order valence-corrected chi connectivity index (χ3v) is 3.46. The SMILES string of the molecule is O=C(O)c1cc(S(=O)(=O)O)c2ccc(O)cc2c1O. The highest BCUT2D eigenvalue weighted by Crippen LogP contribution is 2.35. The molecule has 7 nitrogen and oxygen atoms in total. The average Bonchev–Trinajstić information content (AvgIpc) is 2.28. The lowest BCUT2D eigenvalue weighted by Crippen LogP contribution is -2.04. The predicted molar refractivity (Wildman–Crippen MR) is 64.1 cm³/mol. The molecule has 0 radical (unpaired) electrons. The van der Waals surface area contributed by atoms with Gasteiger partial charge < -0.3 is 15.3 Å². The molecule has 0 heterocycles. The fourth-order valence-electron chi connectivity index (χ4n) is 1.74. The van der Waals surface area contributed by atoms with Crippen molar-refractivity contribution in [3.63, 3.8) is 0 Å². The van der Waals surface area contributed by atoms with Crippen molar-refractivity contribution in [2.75, 3.05) is 0 Å². The topological polar surface area (TPSA) is 132 Å². The van der Waals surface area contributed by atoms with Crippen LogP contribution in [0.4, 0.5) is 0 Å². The standard InChI is InChI=1S/C11H8O7S/c12-5-1-2-6-7(3-5)10(13)8(11(14)15)4-9(6)19(16,17)18/h1-4,12-13H,(H,14,15)(H,16,17,18). The Bertz CT molecular complexity index is 792. The van der Waals surface area contributed by atoms with Gasteiger partial charge in [-0.05, 0) is 24.3 Å². The van der Waals surface area contributed by atoms with Gasteiger partial charge in [-0.1, -0.05) is 0 Å². The maximum absolute atomic E-state index is 11.2. The molecule has 0 aromatic heterocycles. The molecule has 2 aromatic rings. The molecule has 0 aliphatic rings. The van der Waals surface area contributed by atoms with Gasteiger partial charge >= 0.3 is 5.97 Å². The number of fused-ring (bicyclic) bond motifs is 1. The van der Waals surface area contributed by atoms with E-state index in [9.17, 15) is 23.4 Å². The van der Waals surface area contributed by atoms with Crippen molar-refractivity contribution in [1.29, 1.82) is 0 Å². The highest BCUT2D eigenvalue weighted by atomic mass is 32.2. The van der Waals surface area contributed by atoms with Crippen molar-refractivity contribution >= 4 is 26.9 Å². The summed E-state index contributed by atoms with van der Waals surface area (Å²) in [5, 5.41) is 27.7. The van der Waals surface area contributed by atoms with Crippen molar-refractivity contribution < 1.29 is 33.1 Å². The van der Waals surface area contributed by atoms with Crippen molar-refractivity contribution in [3.05, 3.63) is 29.8 Å². The Labute approximate surface area is 107 Å². The molecule has 0 saturated heterocycles. The molecule has 4 N–H and O–H groups in total. The summed E-state index contributed by atoms with van der Waals surface area (Å²) in [6, 6.07) is 3.97. The molecule has 0 spiro atoms. The predicted octanol–water partition coefficient (Wildman–Crippen LogP) is 1.20. The first kappa shape index (κ1) is 13.1. The highest BCUT2D eigenvalue weighted by Gasteiger charge is 2.22. The van der Waals surface area contributed by atoms with Crippen molar-refractivity contribution in [2.45, 2.75) is 4.90 Å². The number of rotatable bonds is 2. The maximum atomic E-state index is 11.2. The van der Waals surface area contributed by atoms with E-state index in [1.54, 1.807) is 0 Å². The van der Waals surface area contributed by atoms with Gasteiger partial charge in [-0.2, -0.15) is 8.42 Å². The number of carbonyl (C=O) groups is 1. The number of carboxylic acid groups (broad SMARTS) is 1. The Morgan fingerprint density at radius 2 is 1.68 bits per heavy atom. The summed E-state index contributed by atoms with van der Waals surface area (Å²) in [7, 11) is -4.67. The van der Waals surface area contributed by atoms with Gasteiger partial charge in [0.2, 0.25) is 0 Å². The van der Waals surface area contributed by atoms with E-state index in [-0.39, 0.29) is 16.5 Å². The summed E-state index contributed by atoms with van der Waals surface area (Å²) in [5.74, 6) is -2.54. The molecular formula is C11H8O7S. The molecule has 0 atom stereocenters. The van der Waals surface area contributed by atoms with Crippen molar-refractivity contribution in [3.8, 4) is 11.5 Å². The number of hydrogen-bond donors (Lipinski definition) is 4.